The van der Waals surface area contributed by atoms with Crippen LogP contribution < -0.4 is 0 Å². The van der Waals surface area contributed by atoms with Crippen molar-refractivity contribution >= 4 is 63.2 Å². The molecule has 0 radical (unpaired) electrons. The standard InChI is InChI=1S/C79H146O16SSi5/c1-53-46-55(87-66(79(53,19)20)49-63-60(52-96(82,83)59-36-34-33-35-37-59)68(85-22)64(90-63)47-58(92-98(25,26)74(5,6)7)51-86-97(23,24)73(2,3)4)42-45-65-78(17,18)50-57(88-65)40-38-54(80)39-43-62(93-99(27,28)75(8,9)10)70-72(95-101(31,32)77(14,15)16)71(94-100(29,30)76(11,12)13)69-61(91-70)44-41-56(89-69)48-67(81)84-21/h33-37,39,43,53,55-58,60-66,68-72H,38,40-42,44-52H2,1-32H3/b43-39+/t53-,55?,56?,57?,58+,60?,61+,62?,63+,64?,65?,66?,68-,69+,70+,71?,72?/m1/s1. The fraction of sp³-hybridized carbons (Fsp3) is 0.873. The maximum Gasteiger partial charge on any atom is 0.308 e. The molecule has 17 atom stereocenters. The van der Waals surface area contributed by atoms with Gasteiger partial charge in [-0.2, -0.15) is 0 Å². The zero-order valence-electron chi connectivity index (χ0n) is 69.5. The van der Waals surface area contributed by atoms with Gasteiger partial charge in [0.2, 0.25) is 0 Å². The second-order valence-corrected chi connectivity index (χ2v) is 65.9. The Kier molecular flexibility index (Phi) is 29.0. The molecule has 1 aromatic carbocycles. The van der Waals surface area contributed by atoms with E-state index in [0.717, 1.165) is 25.7 Å². The van der Waals surface area contributed by atoms with E-state index in [2.05, 4.69) is 204 Å². The van der Waals surface area contributed by atoms with Crippen LogP contribution in [-0.4, -0.2) is 180 Å². The van der Waals surface area contributed by atoms with Crippen LogP contribution in [0.4, 0.5) is 0 Å². The quantitative estimate of drug-likeness (QED) is 0.0403. The molecule has 584 valence electrons. The van der Waals surface area contributed by atoms with Crippen LogP contribution in [0.15, 0.2) is 47.4 Å². The lowest BCUT2D eigenvalue weighted by Gasteiger charge is -2.56. The number of sulfone groups is 1. The molecule has 5 fully saturated rings. The third-order valence-electron chi connectivity index (χ3n) is 26.5. The van der Waals surface area contributed by atoms with E-state index in [4.69, 9.17) is 55.3 Å². The summed E-state index contributed by atoms with van der Waals surface area (Å²) in [6.45, 7) is 68.3. The van der Waals surface area contributed by atoms with Crippen LogP contribution in [0.2, 0.25) is 90.7 Å². The molecular weight excluding hydrogens is 1380 g/mol. The topological polar surface area (TPSA) is 179 Å². The lowest BCUT2D eigenvalue weighted by atomic mass is 9.68. The number of fused-ring (bicyclic) bond motifs is 1. The second-order valence-electron chi connectivity index (χ2n) is 40.0. The monoisotopic (exact) mass is 1520 g/mol. The summed E-state index contributed by atoms with van der Waals surface area (Å²) >= 11 is 0. The lowest BCUT2D eigenvalue weighted by molar-refractivity contribution is -0.267. The number of hydrogen-bond acceptors (Lipinski definition) is 16. The van der Waals surface area contributed by atoms with Crippen LogP contribution in [-0.2, 0) is 74.7 Å². The molecule has 10 unspecified atom stereocenters. The van der Waals surface area contributed by atoms with Crippen molar-refractivity contribution in [2.45, 2.75) is 396 Å². The normalized spacial score (nSPS) is 30.5. The van der Waals surface area contributed by atoms with Crippen molar-refractivity contribution < 1.29 is 73.3 Å². The number of hydrogen-bond donors (Lipinski definition) is 0. The minimum absolute atomic E-state index is 0.000153. The SMILES string of the molecule is COC(=O)CC1CC[C@@H]2O[C@@H](C(/C=C/C(=O)CCC3CC(C)(C)C(CCC4C[C@@H](C)C(C)(C)C(C[C@@H]5OC(C[C@@H](CO[Si](C)(C)C(C)(C)C)O[Si](C)(C)C(C)(C)C)[C@H](OC)C5CS(=O)(=O)c5ccccc5)O4)O3)O[Si](C)(C)C(C)(C)C)C(O[Si](C)(C)C(C)(C)C)C(O[Si](C)(C)C(C)(C)C)[C@H]2O1. The number of carbonyl (C=O) groups excluding carboxylic acids is 2. The molecular formula is C79H146O16SSi5. The lowest BCUT2D eigenvalue weighted by Crippen LogP contribution is -2.69. The number of benzene rings is 1. The van der Waals surface area contributed by atoms with Gasteiger partial charge in [0.1, 0.15) is 24.4 Å². The van der Waals surface area contributed by atoms with Gasteiger partial charge in [0.05, 0.1) is 97.9 Å². The second kappa shape index (κ2) is 33.1. The molecule has 5 aliphatic heterocycles. The summed E-state index contributed by atoms with van der Waals surface area (Å²) in [5.41, 5.74) is -0.400. The number of allylic oxidation sites excluding steroid dienone is 1. The molecule has 0 aliphatic carbocycles. The third kappa shape index (κ3) is 22.2. The van der Waals surface area contributed by atoms with E-state index in [1.54, 1.807) is 37.5 Å². The van der Waals surface area contributed by atoms with Crippen LogP contribution in [0.5, 0.6) is 0 Å². The predicted molar refractivity (Wildman–Crippen MR) is 421 cm³/mol. The Morgan fingerprint density at radius 2 is 1.16 bits per heavy atom. The van der Waals surface area contributed by atoms with Crippen molar-refractivity contribution in [3.63, 3.8) is 0 Å². The molecule has 16 nitrogen and oxygen atoms in total. The average molecular weight is 1520 g/mol. The maximum atomic E-state index is 14.6. The number of rotatable bonds is 30. The van der Waals surface area contributed by atoms with E-state index in [0.29, 0.717) is 51.0 Å². The van der Waals surface area contributed by atoms with E-state index in [9.17, 15) is 18.0 Å². The van der Waals surface area contributed by atoms with Crippen LogP contribution in [0.25, 0.3) is 0 Å². The minimum atomic E-state index is -3.76. The Labute approximate surface area is 620 Å². The summed E-state index contributed by atoms with van der Waals surface area (Å²) in [5.74, 6) is -0.632. The minimum Gasteiger partial charge on any atom is -0.469 e. The molecule has 5 heterocycles. The molecule has 5 aliphatic rings. The average Bonchev–Trinajstić information content (AvgIpc) is 1.28. The predicted octanol–water partition coefficient (Wildman–Crippen LogP) is 18.8. The first-order valence-corrected chi connectivity index (χ1v) is 54.7. The summed E-state index contributed by atoms with van der Waals surface area (Å²) in [6.07, 6.45) is 4.37. The van der Waals surface area contributed by atoms with Gasteiger partial charge in [-0.1, -0.05) is 163 Å². The van der Waals surface area contributed by atoms with Crippen molar-refractivity contribution in [3.05, 3.63) is 42.5 Å². The molecule has 6 rings (SSSR count). The van der Waals surface area contributed by atoms with E-state index in [1.165, 1.54) is 7.11 Å². The van der Waals surface area contributed by atoms with Gasteiger partial charge in [-0.15, -0.1) is 0 Å². The number of carbonyl (C=O) groups is 2. The summed E-state index contributed by atoms with van der Waals surface area (Å²) in [5, 5.41) is -0.530. The van der Waals surface area contributed by atoms with Gasteiger partial charge in [0.15, 0.2) is 57.2 Å². The van der Waals surface area contributed by atoms with E-state index in [-0.39, 0.29) is 108 Å². The van der Waals surface area contributed by atoms with E-state index in [1.807, 2.05) is 12.1 Å². The number of methoxy groups -OCH3 is 2. The summed E-state index contributed by atoms with van der Waals surface area (Å²) < 4.78 is 114. The van der Waals surface area contributed by atoms with Crippen LogP contribution in [0, 0.1) is 22.7 Å². The highest BCUT2D eigenvalue weighted by Gasteiger charge is 2.59. The number of ether oxygens (including phenoxy) is 7. The molecule has 101 heavy (non-hydrogen) atoms. The molecule has 0 bridgehead atoms. The molecule has 0 spiro atoms. The van der Waals surface area contributed by atoms with Gasteiger partial charge in [-0.05, 0) is 171 Å². The van der Waals surface area contributed by atoms with Crippen LogP contribution in [0.1, 0.15) is 209 Å². The van der Waals surface area contributed by atoms with Crippen LogP contribution >= 0.6 is 0 Å². The van der Waals surface area contributed by atoms with Crippen molar-refractivity contribution in [2.75, 3.05) is 26.6 Å². The first-order chi connectivity index (χ1) is 45.8. The highest BCUT2D eigenvalue weighted by atomic mass is 32.2. The first-order valence-electron chi connectivity index (χ1n) is 38.5. The Hall–Kier alpha value is -1.31. The Balaban J connectivity index is 1.22. The van der Waals surface area contributed by atoms with Crippen LogP contribution in [0.3, 0.4) is 0 Å². The molecule has 0 amide bonds. The zero-order valence-corrected chi connectivity index (χ0v) is 75.3. The fourth-order valence-corrected chi connectivity index (χ4v) is 21.9. The highest BCUT2D eigenvalue weighted by molar-refractivity contribution is 7.91. The van der Waals surface area contributed by atoms with E-state index < -0.39 is 106 Å². The van der Waals surface area contributed by atoms with Crippen molar-refractivity contribution in [2.24, 2.45) is 22.7 Å². The van der Waals surface area contributed by atoms with Crippen molar-refractivity contribution in [1.82, 2.24) is 0 Å². The molecule has 0 aromatic heterocycles. The highest BCUT2D eigenvalue weighted by Crippen LogP contribution is 2.52. The molecule has 5 saturated heterocycles. The van der Waals surface area contributed by atoms with Gasteiger partial charge in [-0.3, -0.25) is 9.59 Å². The Bertz CT molecular complexity index is 2990. The molecule has 0 saturated carbocycles. The Morgan fingerprint density at radius 3 is 1.70 bits per heavy atom. The molecule has 22 heteroatoms. The molecule has 0 N–H and O–H groups in total. The van der Waals surface area contributed by atoms with Gasteiger partial charge < -0.3 is 55.3 Å². The number of ketones is 1. The van der Waals surface area contributed by atoms with Gasteiger partial charge in [0, 0.05) is 32.3 Å². The largest absolute Gasteiger partial charge is 0.469 e. The summed E-state index contributed by atoms with van der Waals surface area (Å²) in [4.78, 5) is 27.6. The first kappa shape index (κ1) is 88.6. The summed E-state index contributed by atoms with van der Waals surface area (Å²) in [6, 6.07) is 8.77. The molecule has 1 aromatic rings. The van der Waals surface area contributed by atoms with Crippen molar-refractivity contribution in [1.29, 1.82) is 0 Å². The van der Waals surface area contributed by atoms with Gasteiger partial charge in [0.25, 0.3) is 0 Å². The number of esters is 1. The summed E-state index contributed by atoms with van der Waals surface area (Å²) in [7, 11) is -12.8. The van der Waals surface area contributed by atoms with E-state index >= 15 is 0 Å². The van der Waals surface area contributed by atoms with Gasteiger partial charge in [-0.25, -0.2) is 8.42 Å². The Morgan fingerprint density at radius 1 is 0.614 bits per heavy atom. The van der Waals surface area contributed by atoms with Crippen molar-refractivity contribution in [3.8, 4) is 0 Å². The fourth-order valence-electron chi connectivity index (χ4n) is 14.0. The smallest absolute Gasteiger partial charge is 0.308 e. The maximum absolute atomic E-state index is 14.6. The third-order valence-corrected chi connectivity index (χ3v) is 50.8. The van der Waals surface area contributed by atoms with Gasteiger partial charge >= 0.3 is 5.97 Å². The zero-order chi connectivity index (χ0) is 76.7.